The van der Waals surface area contributed by atoms with Crippen LogP contribution in [-0.4, -0.2) is 19.0 Å². The number of nitrogens with zero attached hydrogens (tertiary/aromatic N) is 1. The van der Waals surface area contributed by atoms with Crippen LogP contribution in [0.15, 0.2) is 51.7 Å². The molecule has 148 valence electrons. The lowest BCUT2D eigenvalue weighted by atomic mass is 10.0. The number of hydrogen-bond acceptors (Lipinski definition) is 6. The van der Waals surface area contributed by atoms with E-state index in [1.165, 1.54) is 30.3 Å². The Morgan fingerprint density at radius 2 is 1.62 bits per heavy atom. The Morgan fingerprint density at radius 3 is 2.21 bits per heavy atom. The molecule has 0 bridgehead atoms. The monoisotopic (exact) mass is 391 g/mol. The normalized spacial score (nSPS) is 10.5. The second-order valence-electron chi connectivity index (χ2n) is 6.50. The fourth-order valence-electron chi connectivity index (χ4n) is 2.79. The lowest BCUT2D eigenvalue weighted by molar-refractivity contribution is 0.103. The van der Waals surface area contributed by atoms with E-state index in [1.807, 2.05) is 19.9 Å². The van der Waals surface area contributed by atoms with Gasteiger partial charge < -0.3 is 13.9 Å². The van der Waals surface area contributed by atoms with Gasteiger partial charge in [0.2, 0.25) is 0 Å². The fourth-order valence-corrected chi connectivity index (χ4v) is 2.79. The summed E-state index contributed by atoms with van der Waals surface area (Å²) in [4.78, 5) is 25.2. The summed E-state index contributed by atoms with van der Waals surface area (Å²) in [6, 6.07) is 12.9. The number of rotatable bonds is 8. The van der Waals surface area contributed by atoms with E-state index in [4.69, 9.17) is 19.2 Å². The third kappa shape index (κ3) is 4.46. The second kappa shape index (κ2) is 9.07. The number of ether oxygens (including phenoxy) is 2. The van der Waals surface area contributed by atoms with Crippen molar-refractivity contribution >= 4 is 16.8 Å². The molecule has 1 aromatic heterocycles. The van der Waals surface area contributed by atoms with Crippen LogP contribution in [0.3, 0.4) is 0 Å². The van der Waals surface area contributed by atoms with Crippen LogP contribution in [0.25, 0.3) is 11.0 Å². The van der Waals surface area contributed by atoms with Crippen LogP contribution in [0.1, 0.15) is 48.2 Å². The van der Waals surface area contributed by atoms with Crippen molar-refractivity contribution in [1.29, 1.82) is 5.26 Å². The first-order valence-corrected chi connectivity index (χ1v) is 9.49. The summed E-state index contributed by atoms with van der Waals surface area (Å²) < 4.78 is 16.9. The maximum atomic E-state index is 12.8. The van der Waals surface area contributed by atoms with Gasteiger partial charge >= 0.3 is 5.63 Å². The summed E-state index contributed by atoms with van der Waals surface area (Å²) >= 11 is 0. The standard InChI is InChI=1S/C23H21NO5/c1-3-9-27-20-12-17-11-18(22(25)16-7-5-15(14-24)6-8-16)23(26)29-19(17)13-21(20)28-10-4-2/h5-8,11-13H,3-4,9-10H2,1-2H3. The first-order chi connectivity index (χ1) is 14.1. The number of nitriles is 1. The largest absolute Gasteiger partial charge is 0.490 e. The van der Waals surface area contributed by atoms with Gasteiger partial charge in [0, 0.05) is 17.0 Å². The number of carbonyl (C=O) groups is 1. The van der Waals surface area contributed by atoms with E-state index in [2.05, 4.69) is 0 Å². The predicted molar refractivity (Wildman–Crippen MR) is 109 cm³/mol. The molecule has 0 radical (unpaired) electrons. The van der Waals surface area contributed by atoms with Crippen LogP contribution in [-0.2, 0) is 0 Å². The molecule has 0 saturated carbocycles. The van der Waals surface area contributed by atoms with E-state index in [9.17, 15) is 9.59 Å². The molecule has 0 saturated heterocycles. The molecule has 0 spiro atoms. The highest BCUT2D eigenvalue weighted by Gasteiger charge is 2.18. The molecule has 0 aliphatic carbocycles. The SMILES string of the molecule is CCCOc1cc2cc(C(=O)c3ccc(C#N)cc3)c(=O)oc2cc1OCCC. The highest BCUT2D eigenvalue weighted by atomic mass is 16.5. The quantitative estimate of drug-likeness (QED) is 0.416. The Morgan fingerprint density at radius 1 is 1.00 bits per heavy atom. The predicted octanol–water partition coefficient (Wildman–Crippen LogP) is 4.47. The highest BCUT2D eigenvalue weighted by Crippen LogP contribution is 2.33. The number of ketones is 1. The average Bonchev–Trinajstić information content (AvgIpc) is 2.75. The Hall–Kier alpha value is -3.59. The summed E-state index contributed by atoms with van der Waals surface area (Å²) in [6.07, 6.45) is 1.66. The summed E-state index contributed by atoms with van der Waals surface area (Å²) in [6.45, 7) is 5.02. The van der Waals surface area contributed by atoms with Gasteiger partial charge in [0.05, 0.1) is 24.8 Å². The minimum absolute atomic E-state index is 0.0779. The molecule has 0 unspecified atom stereocenters. The molecule has 29 heavy (non-hydrogen) atoms. The van der Waals surface area contributed by atoms with Crippen LogP contribution in [0, 0.1) is 11.3 Å². The molecule has 0 amide bonds. The molecular weight excluding hydrogens is 370 g/mol. The van der Waals surface area contributed by atoms with Gasteiger partial charge in [-0.2, -0.15) is 5.26 Å². The zero-order valence-corrected chi connectivity index (χ0v) is 16.4. The van der Waals surface area contributed by atoms with Gasteiger partial charge in [0.15, 0.2) is 17.3 Å². The molecule has 3 rings (SSSR count). The molecule has 1 heterocycles. The third-order valence-electron chi connectivity index (χ3n) is 4.24. The molecule has 6 nitrogen and oxygen atoms in total. The molecule has 0 aliphatic rings. The van der Waals surface area contributed by atoms with E-state index in [-0.39, 0.29) is 5.56 Å². The van der Waals surface area contributed by atoms with Crippen molar-refractivity contribution < 1.29 is 18.7 Å². The van der Waals surface area contributed by atoms with Crippen molar-refractivity contribution in [1.82, 2.24) is 0 Å². The van der Waals surface area contributed by atoms with E-state index in [0.29, 0.717) is 46.8 Å². The van der Waals surface area contributed by atoms with Crippen LogP contribution < -0.4 is 15.1 Å². The molecule has 3 aromatic rings. The summed E-state index contributed by atoms with van der Waals surface area (Å²) in [5.41, 5.74) is 0.258. The summed E-state index contributed by atoms with van der Waals surface area (Å²) in [5, 5.41) is 9.45. The van der Waals surface area contributed by atoms with Gasteiger partial charge in [0.1, 0.15) is 11.1 Å². The lowest BCUT2D eigenvalue weighted by Crippen LogP contribution is -2.15. The Balaban J connectivity index is 2.05. The van der Waals surface area contributed by atoms with Crippen molar-refractivity contribution in [2.24, 2.45) is 0 Å². The fraction of sp³-hybridized carbons (Fsp3) is 0.261. The smallest absolute Gasteiger partial charge is 0.347 e. The topological polar surface area (TPSA) is 89.5 Å². The van der Waals surface area contributed by atoms with Gasteiger partial charge in [-0.1, -0.05) is 13.8 Å². The van der Waals surface area contributed by atoms with Gasteiger partial charge in [-0.15, -0.1) is 0 Å². The highest BCUT2D eigenvalue weighted by molar-refractivity contribution is 6.10. The molecule has 0 atom stereocenters. The Labute approximate surface area is 168 Å². The lowest BCUT2D eigenvalue weighted by Gasteiger charge is -2.13. The minimum atomic E-state index is -0.726. The molecule has 0 aliphatic heterocycles. The van der Waals surface area contributed by atoms with Crippen LogP contribution in [0.2, 0.25) is 0 Å². The van der Waals surface area contributed by atoms with Gasteiger partial charge in [-0.3, -0.25) is 4.79 Å². The van der Waals surface area contributed by atoms with E-state index < -0.39 is 11.4 Å². The van der Waals surface area contributed by atoms with Crippen molar-refractivity contribution in [3.8, 4) is 17.6 Å². The van der Waals surface area contributed by atoms with E-state index >= 15 is 0 Å². The Kier molecular flexibility index (Phi) is 6.30. The van der Waals surface area contributed by atoms with E-state index in [0.717, 1.165) is 12.8 Å². The Bertz CT molecular complexity index is 1120. The van der Waals surface area contributed by atoms with Crippen molar-refractivity contribution in [2.75, 3.05) is 13.2 Å². The van der Waals surface area contributed by atoms with Crippen LogP contribution >= 0.6 is 0 Å². The van der Waals surface area contributed by atoms with Crippen molar-refractivity contribution in [3.05, 3.63) is 69.6 Å². The zero-order chi connectivity index (χ0) is 20.8. The maximum absolute atomic E-state index is 12.8. The molecule has 2 aromatic carbocycles. The van der Waals surface area contributed by atoms with Gasteiger partial charge in [0.25, 0.3) is 0 Å². The number of fused-ring (bicyclic) bond motifs is 1. The van der Waals surface area contributed by atoms with Crippen LogP contribution in [0.4, 0.5) is 0 Å². The van der Waals surface area contributed by atoms with Crippen LogP contribution in [0.5, 0.6) is 11.5 Å². The van der Waals surface area contributed by atoms with E-state index in [1.54, 1.807) is 12.1 Å². The first kappa shape index (κ1) is 20.2. The molecule has 0 N–H and O–H groups in total. The summed E-state index contributed by atoms with van der Waals surface area (Å²) in [5.74, 6) is 0.577. The number of benzene rings is 2. The van der Waals surface area contributed by atoms with Gasteiger partial charge in [-0.25, -0.2) is 4.79 Å². The molecule has 6 heteroatoms. The zero-order valence-electron chi connectivity index (χ0n) is 16.4. The van der Waals surface area contributed by atoms with Crippen molar-refractivity contribution in [3.63, 3.8) is 0 Å². The number of carbonyl (C=O) groups excluding carboxylic acids is 1. The first-order valence-electron chi connectivity index (χ1n) is 9.49. The van der Waals surface area contributed by atoms with Crippen molar-refractivity contribution in [2.45, 2.75) is 26.7 Å². The third-order valence-corrected chi connectivity index (χ3v) is 4.24. The molecular formula is C23H21NO5. The van der Waals surface area contributed by atoms with Gasteiger partial charge in [-0.05, 0) is 49.2 Å². The second-order valence-corrected chi connectivity index (χ2v) is 6.50. The average molecular weight is 391 g/mol. The maximum Gasteiger partial charge on any atom is 0.347 e. The minimum Gasteiger partial charge on any atom is -0.490 e. The summed E-state index contributed by atoms with van der Waals surface area (Å²) in [7, 11) is 0. The number of hydrogen-bond donors (Lipinski definition) is 0. The molecule has 0 fully saturated rings.